The molecular weight excluding hydrogens is 489 g/mol. The predicted molar refractivity (Wildman–Crippen MR) is 130 cm³/mol. The topological polar surface area (TPSA) is 93.6 Å². The number of halogens is 3. The van der Waals surface area contributed by atoms with Crippen molar-refractivity contribution in [3.63, 3.8) is 0 Å². The summed E-state index contributed by atoms with van der Waals surface area (Å²) in [6.45, 7) is 5.32. The molecule has 0 saturated heterocycles. The Morgan fingerprint density at radius 3 is 2.36 bits per heavy atom. The minimum absolute atomic E-state index is 0.0405. The number of aryl methyl sites for hydroxylation is 1. The number of nitro benzene ring substituents is 1. The van der Waals surface area contributed by atoms with E-state index in [1.54, 1.807) is 36.7 Å². The van der Waals surface area contributed by atoms with E-state index in [1.165, 1.54) is 24.3 Å². The van der Waals surface area contributed by atoms with Crippen LogP contribution in [0.3, 0.4) is 0 Å². The molecule has 1 amide bonds. The number of benzene rings is 2. The van der Waals surface area contributed by atoms with Crippen LogP contribution < -0.4 is 5.01 Å². The molecule has 1 aliphatic rings. The van der Waals surface area contributed by atoms with E-state index in [9.17, 15) is 14.9 Å². The molecule has 0 radical (unpaired) electrons. The zero-order chi connectivity index (χ0) is 24.0. The Bertz CT molecular complexity index is 1370. The van der Waals surface area contributed by atoms with Crippen LogP contribution in [0.5, 0.6) is 0 Å². The van der Waals surface area contributed by atoms with Crippen molar-refractivity contribution in [2.45, 2.75) is 20.8 Å². The highest BCUT2D eigenvalue weighted by atomic mass is 35.5. The minimum atomic E-state index is -0.462. The van der Waals surface area contributed by atoms with Crippen molar-refractivity contribution in [3.05, 3.63) is 84.1 Å². The fraction of sp³-hybridized carbons (Fsp3) is 0.136. The van der Waals surface area contributed by atoms with E-state index in [-0.39, 0.29) is 21.4 Å². The van der Waals surface area contributed by atoms with Gasteiger partial charge in [0.15, 0.2) is 0 Å². The number of rotatable bonds is 4. The minimum Gasteiger partial charge on any atom is -0.267 e. The fourth-order valence-electron chi connectivity index (χ4n) is 3.57. The van der Waals surface area contributed by atoms with Crippen molar-refractivity contribution in [1.82, 2.24) is 9.78 Å². The molecule has 2 aromatic carbocycles. The molecule has 8 nitrogen and oxygen atoms in total. The van der Waals surface area contributed by atoms with E-state index in [2.05, 4.69) is 10.2 Å². The number of nitrogens with zero attached hydrogens (tertiary/aromatic N) is 5. The molecule has 0 aliphatic carbocycles. The third-order valence-corrected chi connectivity index (χ3v) is 5.97. The maximum absolute atomic E-state index is 13.2. The maximum atomic E-state index is 13.2. The molecule has 0 unspecified atom stereocenters. The molecule has 0 saturated carbocycles. The van der Waals surface area contributed by atoms with Gasteiger partial charge in [-0.3, -0.25) is 14.9 Å². The van der Waals surface area contributed by atoms with Crippen LogP contribution in [0.1, 0.15) is 23.9 Å². The van der Waals surface area contributed by atoms with Gasteiger partial charge in [-0.15, -0.1) is 0 Å². The van der Waals surface area contributed by atoms with Crippen molar-refractivity contribution < 1.29 is 9.72 Å². The standard InChI is InChI=1S/C22H16Cl3N5O3/c1-11-17(13(3)28(26-11)15-5-4-6-16(9-15)30(32)33)10-18-12(2)27-29(22(18)31)21-19(24)7-14(23)8-20(21)25/h4-10H,1-3H3/b18-10+. The molecule has 4 rings (SSSR count). The number of non-ortho nitro benzene ring substituents is 1. The third kappa shape index (κ3) is 4.13. The van der Waals surface area contributed by atoms with Crippen LogP contribution >= 0.6 is 34.8 Å². The van der Waals surface area contributed by atoms with Crippen LogP contribution in [0.15, 0.2) is 47.1 Å². The van der Waals surface area contributed by atoms with Gasteiger partial charge in [0, 0.05) is 28.4 Å². The van der Waals surface area contributed by atoms with Gasteiger partial charge in [-0.2, -0.15) is 15.2 Å². The quantitative estimate of drug-likeness (QED) is 0.241. The molecule has 0 fully saturated rings. The number of hydrogen-bond acceptors (Lipinski definition) is 5. The van der Waals surface area contributed by atoms with Gasteiger partial charge in [0.25, 0.3) is 11.6 Å². The first-order chi connectivity index (χ1) is 15.6. The highest BCUT2D eigenvalue weighted by molar-refractivity contribution is 6.44. The number of hydrogen-bond donors (Lipinski definition) is 0. The summed E-state index contributed by atoms with van der Waals surface area (Å²) in [7, 11) is 0. The van der Waals surface area contributed by atoms with E-state index in [1.807, 2.05) is 6.92 Å². The normalized spacial score (nSPS) is 14.8. The average Bonchev–Trinajstić information content (AvgIpc) is 3.18. The zero-order valence-electron chi connectivity index (χ0n) is 17.6. The Labute approximate surface area is 203 Å². The molecule has 0 spiro atoms. The van der Waals surface area contributed by atoms with E-state index in [4.69, 9.17) is 34.8 Å². The van der Waals surface area contributed by atoms with E-state index in [0.29, 0.717) is 38.9 Å². The largest absolute Gasteiger partial charge is 0.280 e. The highest BCUT2D eigenvalue weighted by Crippen LogP contribution is 2.39. The molecule has 3 aromatic rings. The molecule has 1 aliphatic heterocycles. The summed E-state index contributed by atoms with van der Waals surface area (Å²) in [4.78, 5) is 23.9. The summed E-state index contributed by atoms with van der Waals surface area (Å²) in [6.07, 6.45) is 1.70. The Balaban J connectivity index is 1.75. The van der Waals surface area contributed by atoms with Crippen molar-refractivity contribution in [2.24, 2.45) is 5.10 Å². The van der Waals surface area contributed by atoms with Gasteiger partial charge in [-0.25, -0.2) is 4.68 Å². The van der Waals surface area contributed by atoms with Crippen molar-refractivity contribution in [1.29, 1.82) is 0 Å². The van der Waals surface area contributed by atoms with Gasteiger partial charge in [0.05, 0.1) is 37.6 Å². The average molecular weight is 505 g/mol. The van der Waals surface area contributed by atoms with Crippen LogP contribution in [-0.4, -0.2) is 26.3 Å². The number of aromatic nitrogens is 2. The molecular formula is C22H16Cl3N5O3. The lowest BCUT2D eigenvalue weighted by Gasteiger charge is -2.15. The summed E-state index contributed by atoms with van der Waals surface area (Å²) in [6, 6.07) is 9.15. The Morgan fingerprint density at radius 1 is 1.06 bits per heavy atom. The Hall–Kier alpha value is -3.20. The summed E-state index contributed by atoms with van der Waals surface area (Å²) in [5, 5.41) is 21.9. The van der Waals surface area contributed by atoms with Gasteiger partial charge in [0.2, 0.25) is 0 Å². The zero-order valence-corrected chi connectivity index (χ0v) is 19.9. The monoisotopic (exact) mass is 503 g/mol. The molecule has 0 bridgehead atoms. The summed E-state index contributed by atoms with van der Waals surface area (Å²) in [5.74, 6) is -0.402. The van der Waals surface area contributed by atoms with Gasteiger partial charge >= 0.3 is 0 Å². The van der Waals surface area contributed by atoms with Crippen molar-refractivity contribution in [3.8, 4) is 5.69 Å². The summed E-state index contributed by atoms with van der Waals surface area (Å²) in [5.41, 5.74) is 3.63. The lowest BCUT2D eigenvalue weighted by molar-refractivity contribution is -0.384. The first kappa shape index (κ1) is 23.0. The molecule has 168 valence electrons. The second-order valence-electron chi connectivity index (χ2n) is 7.35. The van der Waals surface area contributed by atoms with Gasteiger partial charge in [0.1, 0.15) is 5.69 Å². The number of anilines is 1. The van der Waals surface area contributed by atoms with E-state index < -0.39 is 10.8 Å². The number of amides is 1. The van der Waals surface area contributed by atoms with Crippen LogP contribution in [0, 0.1) is 24.0 Å². The van der Waals surface area contributed by atoms with Crippen LogP contribution in [0.4, 0.5) is 11.4 Å². The van der Waals surface area contributed by atoms with Gasteiger partial charge in [-0.1, -0.05) is 40.9 Å². The van der Waals surface area contributed by atoms with Crippen molar-refractivity contribution >= 4 is 63.9 Å². The van der Waals surface area contributed by atoms with E-state index in [0.717, 1.165) is 5.01 Å². The van der Waals surface area contributed by atoms with Gasteiger partial charge in [-0.05, 0) is 45.0 Å². The third-order valence-electron chi connectivity index (χ3n) is 5.18. The highest BCUT2D eigenvalue weighted by Gasteiger charge is 2.32. The molecule has 2 heterocycles. The molecule has 11 heteroatoms. The number of carbonyl (C=O) groups excluding carboxylic acids is 1. The van der Waals surface area contributed by atoms with Gasteiger partial charge < -0.3 is 0 Å². The smallest absolute Gasteiger partial charge is 0.267 e. The van der Waals surface area contributed by atoms with Crippen molar-refractivity contribution in [2.75, 3.05) is 5.01 Å². The molecule has 0 N–H and O–H groups in total. The number of hydrazone groups is 1. The lowest BCUT2D eigenvalue weighted by Crippen LogP contribution is -2.22. The second-order valence-corrected chi connectivity index (χ2v) is 8.60. The predicted octanol–water partition coefficient (Wildman–Crippen LogP) is 6.16. The first-order valence-corrected chi connectivity index (χ1v) is 10.8. The van der Waals surface area contributed by atoms with Crippen LogP contribution in [0.25, 0.3) is 11.8 Å². The summed E-state index contributed by atoms with van der Waals surface area (Å²) >= 11 is 18.5. The Morgan fingerprint density at radius 2 is 1.73 bits per heavy atom. The lowest BCUT2D eigenvalue weighted by atomic mass is 10.1. The molecule has 33 heavy (non-hydrogen) atoms. The molecule has 0 atom stereocenters. The summed E-state index contributed by atoms with van der Waals surface area (Å²) < 4.78 is 1.60. The Kier molecular flexibility index (Phi) is 6.00. The second kappa shape index (κ2) is 8.62. The SMILES string of the molecule is CC1=NN(c2c(Cl)cc(Cl)cc2Cl)C(=O)/C1=C/c1c(C)nn(-c2cccc([N+](=O)[O-])c2)c1C. The van der Waals surface area contributed by atoms with Crippen LogP contribution in [0.2, 0.25) is 15.1 Å². The fourth-order valence-corrected chi connectivity index (χ4v) is 4.55. The first-order valence-electron chi connectivity index (χ1n) is 9.65. The number of carbonyl (C=O) groups is 1. The number of nitro groups is 1. The maximum Gasteiger partial charge on any atom is 0.280 e. The van der Waals surface area contributed by atoms with E-state index >= 15 is 0 Å². The van der Waals surface area contributed by atoms with Crippen LogP contribution in [-0.2, 0) is 4.79 Å². The molecule has 1 aromatic heterocycles.